The van der Waals surface area contributed by atoms with Crippen LogP contribution < -0.4 is 11.5 Å². The number of nitrogens with two attached hydrogens (primary N) is 2. The largest absolute Gasteiger partial charge is 0.480 e. The Labute approximate surface area is 190 Å². The molecule has 2 aromatic heterocycles. The number of rotatable bonds is 6. The van der Waals surface area contributed by atoms with Crippen LogP contribution in [0.5, 0.6) is 0 Å². The minimum atomic E-state index is -1.06. The number of carboxylic acid groups (broad SMARTS) is 2. The van der Waals surface area contributed by atoms with Crippen molar-refractivity contribution in [2.24, 2.45) is 11.5 Å². The number of fused-ring (bicyclic) bond motifs is 2. The van der Waals surface area contributed by atoms with Gasteiger partial charge in [-0.25, -0.2) is 4.39 Å². The van der Waals surface area contributed by atoms with Crippen LogP contribution >= 0.6 is 0 Å². The third-order valence-corrected chi connectivity index (χ3v) is 4.94. The molecule has 0 radical (unpaired) electrons. The van der Waals surface area contributed by atoms with Crippen LogP contribution in [-0.4, -0.2) is 44.2 Å². The second kappa shape index (κ2) is 11.8. The van der Waals surface area contributed by atoms with Gasteiger partial charge in [-0.1, -0.05) is 44.2 Å². The van der Waals surface area contributed by atoms with Crippen molar-refractivity contribution in [3.05, 3.63) is 71.8 Å². The maximum atomic E-state index is 13.3. The van der Waals surface area contributed by atoms with Gasteiger partial charge in [-0.2, -0.15) is 0 Å². The summed E-state index contributed by atoms with van der Waals surface area (Å²) in [5, 5.41) is 19.1. The molecule has 0 bridgehead atoms. The molecular formula is C24H29FN4O4. The van der Waals surface area contributed by atoms with E-state index in [1.165, 1.54) is 6.07 Å². The quantitative estimate of drug-likeness (QED) is 0.261. The highest BCUT2D eigenvalue weighted by molar-refractivity contribution is 5.85. The predicted molar refractivity (Wildman–Crippen MR) is 127 cm³/mol. The second-order valence-corrected chi connectivity index (χ2v) is 7.13. The number of benzene rings is 2. The Hall–Kier alpha value is -3.69. The van der Waals surface area contributed by atoms with E-state index in [4.69, 9.17) is 21.7 Å². The molecule has 2 atom stereocenters. The smallest absolute Gasteiger partial charge is 0.320 e. The van der Waals surface area contributed by atoms with Crippen LogP contribution in [0.15, 0.2) is 54.9 Å². The molecule has 9 heteroatoms. The highest BCUT2D eigenvalue weighted by atomic mass is 19.1. The lowest BCUT2D eigenvalue weighted by atomic mass is 10.1. The number of carbonyl (C=O) groups is 2. The molecule has 0 saturated carbocycles. The molecule has 0 aliphatic heterocycles. The summed E-state index contributed by atoms with van der Waals surface area (Å²) in [5.74, 6) is -2.39. The monoisotopic (exact) mass is 456 g/mol. The predicted octanol–water partition coefficient (Wildman–Crippen LogP) is 3.41. The van der Waals surface area contributed by atoms with Crippen LogP contribution in [0.25, 0.3) is 21.8 Å². The highest BCUT2D eigenvalue weighted by Crippen LogP contribution is 2.21. The first-order valence-corrected chi connectivity index (χ1v) is 10.5. The Bertz CT molecular complexity index is 1220. The van der Waals surface area contributed by atoms with Gasteiger partial charge in [-0.15, -0.1) is 0 Å². The van der Waals surface area contributed by atoms with Crippen molar-refractivity contribution in [2.45, 2.75) is 38.8 Å². The number of aliphatic carboxylic acids is 2. The van der Waals surface area contributed by atoms with Crippen molar-refractivity contribution in [3.8, 4) is 0 Å². The summed E-state index contributed by atoms with van der Waals surface area (Å²) in [5.41, 5.74) is 14.0. The van der Waals surface area contributed by atoms with Crippen LogP contribution in [0, 0.1) is 5.82 Å². The average molecular weight is 457 g/mol. The van der Waals surface area contributed by atoms with Crippen molar-refractivity contribution >= 4 is 33.7 Å². The lowest BCUT2D eigenvalue weighted by molar-refractivity contribution is -0.139. The van der Waals surface area contributed by atoms with E-state index in [2.05, 4.69) is 9.97 Å². The molecule has 8 nitrogen and oxygen atoms in total. The van der Waals surface area contributed by atoms with Crippen molar-refractivity contribution < 1.29 is 24.2 Å². The summed E-state index contributed by atoms with van der Waals surface area (Å²) in [6.45, 7) is 4.00. The Balaban J connectivity index is 0.000000218. The first-order chi connectivity index (χ1) is 15.8. The van der Waals surface area contributed by atoms with Gasteiger partial charge in [0.1, 0.15) is 17.9 Å². The third-order valence-electron chi connectivity index (χ3n) is 4.94. The molecule has 33 heavy (non-hydrogen) atoms. The van der Waals surface area contributed by atoms with Gasteiger partial charge in [0.25, 0.3) is 0 Å². The molecule has 8 N–H and O–H groups in total. The molecule has 4 aromatic rings. The molecule has 0 saturated heterocycles. The van der Waals surface area contributed by atoms with E-state index in [0.29, 0.717) is 22.9 Å². The number of carboxylic acids is 2. The number of hydrogen-bond donors (Lipinski definition) is 6. The number of para-hydroxylation sites is 2. The zero-order valence-electron chi connectivity index (χ0n) is 18.5. The number of nitrogens with one attached hydrogen (secondary N) is 2. The van der Waals surface area contributed by atoms with Gasteiger partial charge >= 0.3 is 11.9 Å². The number of aromatic nitrogens is 2. The molecule has 0 amide bonds. The first-order valence-electron chi connectivity index (χ1n) is 10.5. The van der Waals surface area contributed by atoms with Crippen molar-refractivity contribution in [3.63, 3.8) is 0 Å². The van der Waals surface area contributed by atoms with Crippen LogP contribution in [0.4, 0.5) is 4.39 Å². The van der Waals surface area contributed by atoms with Crippen LogP contribution in [0.2, 0.25) is 0 Å². The fourth-order valence-corrected chi connectivity index (χ4v) is 3.29. The van der Waals surface area contributed by atoms with Gasteiger partial charge in [-0.3, -0.25) is 9.59 Å². The maximum Gasteiger partial charge on any atom is 0.320 e. The van der Waals surface area contributed by atoms with Crippen LogP contribution in [0.1, 0.15) is 25.0 Å². The van der Waals surface area contributed by atoms with Crippen LogP contribution in [0.3, 0.4) is 0 Å². The fourth-order valence-electron chi connectivity index (χ4n) is 3.29. The summed E-state index contributed by atoms with van der Waals surface area (Å²) in [6.07, 6.45) is 3.93. The zero-order valence-corrected chi connectivity index (χ0v) is 18.5. The summed E-state index contributed by atoms with van der Waals surface area (Å²) in [6, 6.07) is 10.6. The van der Waals surface area contributed by atoms with E-state index in [1.807, 2.05) is 44.3 Å². The van der Waals surface area contributed by atoms with E-state index >= 15 is 0 Å². The molecule has 0 unspecified atom stereocenters. The first kappa shape index (κ1) is 25.6. The van der Waals surface area contributed by atoms with E-state index in [1.54, 1.807) is 18.3 Å². The molecule has 0 aliphatic carbocycles. The summed E-state index contributed by atoms with van der Waals surface area (Å²) in [7, 11) is 0. The van der Waals surface area contributed by atoms with Crippen LogP contribution in [-0.2, 0) is 22.4 Å². The molecule has 2 aromatic carbocycles. The van der Waals surface area contributed by atoms with E-state index in [0.717, 1.165) is 16.5 Å². The standard InChI is InChI=1S/C11H11FN2O2.C11H12N2O2.C2H6/c12-8-3-1-2-7-6(5-14-10(7)8)4-9(13)11(15)16;12-9(11(14)15)5-7-6-13-10-4-2-1-3-8(7)10;1-2/h1-3,5,9,14H,4,13H2,(H,15,16);1-4,6,9,13H,5,12H2,(H,14,15);1-2H3/t2*9-;/m01./s1. The molecule has 0 aliphatic rings. The van der Waals surface area contributed by atoms with Gasteiger partial charge in [0.15, 0.2) is 0 Å². The lowest BCUT2D eigenvalue weighted by Crippen LogP contribution is -2.32. The maximum absolute atomic E-state index is 13.3. The number of halogens is 1. The topological polar surface area (TPSA) is 158 Å². The van der Waals surface area contributed by atoms with Gasteiger partial charge in [0.2, 0.25) is 0 Å². The summed E-state index contributed by atoms with van der Waals surface area (Å²) in [4.78, 5) is 27.1. The van der Waals surface area contributed by atoms with Crippen molar-refractivity contribution in [2.75, 3.05) is 0 Å². The fraction of sp³-hybridized carbons (Fsp3) is 0.250. The molecule has 0 spiro atoms. The van der Waals surface area contributed by atoms with Crippen molar-refractivity contribution in [1.82, 2.24) is 9.97 Å². The molecular weight excluding hydrogens is 427 g/mol. The minimum absolute atomic E-state index is 0.179. The Morgan fingerprint density at radius 3 is 1.97 bits per heavy atom. The Kier molecular flexibility index (Phi) is 9.14. The van der Waals surface area contributed by atoms with E-state index in [-0.39, 0.29) is 12.2 Å². The Morgan fingerprint density at radius 2 is 1.36 bits per heavy atom. The van der Waals surface area contributed by atoms with Gasteiger partial charge in [0.05, 0.1) is 5.52 Å². The molecule has 4 rings (SSSR count). The number of aromatic amines is 2. The average Bonchev–Trinajstić information content (AvgIpc) is 3.41. The second-order valence-electron chi connectivity index (χ2n) is 7.13. The molecule has 2 heterocycles. The van der Waals surface area contributed by atoms with E-state index in [9.17, 15) is 14.0 Å². The normalized spacial score (nSPS) is 12.3. The molecule has 176 valence electrons. The summed E-state index contributed by atoms with van der Waals surface area (Å²) < 4.78 is 13.3. The minimum Gasteiger partial charge on any atom is -0.480 e. The number of hydrogen-bond acceptors (Lipinski definition) is 4. The van der Waals surface area contributed by atoms with Gasteiger partial charge < -0.3 is 31.6 Å². The molecule has 0 fully saturated rings. The SMILES string of the molecule is CC.N[C@@H](Cc1c[nH]c2c(F)cccc12)C(=O)O.N[C@H](Cc1c[nH]c2ccccc12)C(=O)O. The number of H-pyrrole nitrogens is 2. The summed E-state index contributed by atoms with van der Waals surface area (Å²) >= 11 is 0. The highest BCUT2D eigenvalue weighted by Gasteiger charge is 2.16. The van der Waals surface area contributed by atoms with Gasteiger partial charge in [-0.05, 0) is 23.3 Å². The Morgan fingerprint density at radius 1 is 0.848 bits per heavy atom. The lowest BCUT2D eigenvalue weighted by Gasteiger charge is -2.04. The zero-order chi connectivity index (χ0) is 24.5. The van der Waals surface area contributed by atoms with Gasteiger partial charge in [0, 0.05) is 41.5 Å². The van der Waals surface area contributed by atoms with E-state index < -0.39 is 24.0 Å². The van der Waals surface area contributed by atoms with Crippen molar-refractivity contribution in [1.29, 1.82) is 0 Å². The third kappa shape index (κ3) is 6.41.